The number of benzene rings is 1. The number of carbonyl (C=O) groups is 2. The number of hydrogen-bond acceptors (Lipinski definition) is 3. The van der Waals surface area contributed by atoms with Gasteiger partial charge in [-0.05, 0) is 38.8 Å². The molecule has 1 saturated heterocycles. The fourth-order valence-corrected chi connectivity index (χ4v) is 3.06. The topological polar surface area (TPSA) is 61.9 Å². The first kappa shape index (κ1) is 18.1. The van der Waals surface area contributed by atoms with Gasteiger partial charge in [-0.15, -0.1) is 0 Å². The van der Waals surface area contributed by atoms with Crippen molar-refractivity contribution < 1.29 is 14.3 Å². The summed E-state index contributed by atoms with van der Waals surface area (Å²) in [6.07, 6.45) is 1.70. The highest BCUT2D eigenvalue weighted by Crippen LogP contribution is 2.21. The molecule has 132 valence electrons. The Bertz CT molecular complexity index is 572. The molecular formula is C18H27N3O3. The summed E-state index contributed by atoms with van der Waals surface area (Å²) in [6.45, 7) is 6.54. The van der Waals surface area contributed by atoms with Crippen molar-refractivity contribution in [2.45, 2.75) is 26.7 Å². The molecule has 0 spiro atoms. The zero-order chi connectivity index (χ0) is 17.5. The number of carbonyl (C=O) groups excluding carboxylic acids is 2. The second kappa shape index (κ2) is 8.57. The molecule has 1 heterocycles. The highest BCUT2D eigenvalue weighted by atomic mass is 16.5. The van der Waals surface area contributed by atoms with Crippen LogP contribution in [0, 0.1) is 5.92 Å². The van der Waals surface area contributed by atoms with Crippen molar-refractivity contribution in [1.82, 2.24) is 9.80 Å². The number of ether oxygens (including phenoxy) is 1. The maximum atomic E-state index is 12.5. The van der Waals surface area contributed by atoms with Crippen molar-refractivity contribution in [1.29, 1.82) is 0 Å². The summed E-state index contributed by atoms with van der Waals surface area (Å²) in [6, 6.07) is 7.09. The van der Waals surface area contributed by atoms with Crippen molar-refractivity contribution in [2.75, 3.05) is 38.6 Å². The molecule has 0 radical (unpaired) electrons. The molecule has 6 nitrogen and oxygen atoms in total. The van der Waals surface area contributed by atoms with E-state index in [4.69, 9.17) is 4.74 Å². The van der Waals surface area contributed by atoms with Crippen LogP contribution in [0.15, 0.2) is 24.3 Å². The van der Waals surface area contributed by atoms with E-state index in [1.165, 1.54) is 0 Å². The number of anilines is 1. The largest absolute Gasteiger partial charge is 0.497 e. The molecule has 1 aromatic carbocycles. The lowest BCUT2D eigenvalue weighted by Crippen LogP contribution is -2.47. The zero-order valence-electron chi connectivity index (χ0n) is 14.7. The van der Waals surface area contributed by atoms with Gasteiger partial charge in [-0.3, -0.25) is 4.79 Å². The Morgan fingerprint density at radius 3 is 2.75 bits per heavy atom. The summed E-state index contributed by atoms with van der Waals surface area (Å²) in [5, 5.41) is 2.89. The van der Waals surface area contributed by atoms with Crippen LogP contribution in [0.4, 0.5) is 10.5 Å². The number of likely N-dealkylation sites (tertiary alicyclic amines) is 1. The van der Waals surface area contributed by atoms with E-state index in [0.717, 1.165) is 12.8 Å². The van der Waals surface area contributed by atoms with E-state index in [0.29, 0.717) is 37.6 Å². The van der Waals surface area contributed by atoms with Crippen LogP contribution in [-0.4, -0.2) is 55.0 Å². The van der Waals surface area contributed by atoms with E-state index in [2.05, 4.69) is 5.32 Å². The van der Waals surface area contributed by atoms with Gasteiger partial charge in [0.25, 0.3) is 0 Å². The smallest absolute Gasteiger partial charge is 0.321 e. The van der Waals surface area contributed by atoms with Gasteiger partial charge in [-0.2, -0.15) is 0 Å². The maximum Gasteiger partial charge on any atom is 0.321 e. The molecule has 0 saturated carbocycles. The van der Waals surface area contributed by atoms with Crippen LogP contribution in [0.5, 0.6) is 5.75 Å². The lowest BCUT2D eigenvalue weighted by molar-refractivity contribution is -0.136. The summed E-state index contributed by atoms with van der Waals surface area (Å²) < 4.78 is 5.17. The van der Waals surface area contributed by atoms with Gasteiger partial charge >= 0.3 is 6.03 Å². The van der Waals surface area contributed by atoms with Crippen LogP contribution in [-0.2, 0) is 4.79 Å². The zero-order valence-corrected chi connectivity index (χ0v) is 14.7. The number of hydrogen-bond donors (Lipinski definition) is 1. The quantitative estimate of drug-likeness (QED) is 0.901. The van der Waals surface area contributed by atoms with Crippen molar-refractivity contribution in [3.8, 4) is 5.75 Å². The average Bonchev–Trinajstić information content (AvgIpc) is 2.63. The fourth-order valence-electron chi connectivity index (χ4n) is 3.06. The predicted octanol–water partition coefficient (Wildman–Crippen LogP) is 2.81. The van der Waals surface area contributed by atoms with Gasteiger partial charge in [0.1, 0.15) is 5.75 Å². The van der Waals surface area contributed by atoms with Gasteiger partial charge in [-0.1, -0.05) is 6.07 Å². The van der Waals surface area contributed by atoms with Gasteiger partial charge in [-0.25, -0.2) is 4.79 Å². The van der Waals surface area contributed by atoms with E-state index in [9.17, 15) is 9.59 Å². The van der Waals surface area contributed by atoms with Crippen molar-refractivity contribution in [3.05, 3.63) is 24.3 Å². The first-order valence-electron chi connectivity index (χ1n) is 8.57. The highest BCUT2D eigenvalue weighted by Gasteiger charge is 2.30. The Labute approximate surface area is 143 Å². The fraction of sp³-hybridized carbons (Fsp3) is 0.556. The molecule has 1 unspecified atom stereocenters. The molecular weight excluding hydrogens is 306 g/mol. The van der Waals surface area contributed by atoms with Gasteiger partial charge in [0.05, 0.1) is 13.0 Å². The third kappa shape index (κ3) is 4.40. The number of nitrogens with zero attached hydrogens (tertiary/aromatic N) is 2. The monoisotopic (exact) mass is 333 g/mol. The van der Waals surface area contributed by atoms with E-state index in [1.54, 1.807) is 18.1 Å². The number of piperidine rings is 1. The van der Waals surface area contributed by atoms with Crippen LogP contribution in [0.1, 0.15) is 26.7 Å². The molecule has 1 N–H and O–H groups in total. The van der Waals surface area contributed by atoms with Gasteiger partial charge < -0.3 is 19.9 Å². The second-order valence-electron chi connectivity index (χ2n) is 5.96. The molecule has 24 heavy (non-hydrogen) atoms. The van der Waals surface area contributed by atoms with E-state index in [1.807, 2.05) is 36.9 Å². The Kier molecular flexibility index (Phi) is 6.46. The molecule has 1 fully saturated rings. The highest BCUT2D eigenvalue weighted by molar-refractivity contribution is 5.90. The molecule has 0 aliphatic carbocycles. The standard InChI is InChI=1S/C18H27N3O3/c1-4-20(5-2)17(22)14-8-7-11-21(13-14)18(23)19-15-9-6-10-16(12-15)24-3/h6,9-10,12,14H,4-5,7-8,11,13H2,1-3H3,(H,19,23). The molecule has 1 aliphatic rings. The molecule has 1 aromatic rings. The Morgan fingerprint density at radius 1 is 1.33 bits per heavy atom. The van der Waals surface area contributed by atoms with Crippen LogP contribution in [0.25, 0.3) is 0 Å². The summed E-state index contributed by atoms with van der Waals surface area (Å²) in [5.41, 5.74) is 0.691. The van der Waals surface area contributed by atoms with E-state index >= 15 is 0 Å². The minimum atomic E-state index is -0.166. The lowest BCUT2D eigenvalue weighted by Gasteiger charge is -2.34. The number of amides is 3. The summed E-state index contributed by atoms with van der Waals surface area (Å²) >= 11 is 0. The minimum Gasteiger partial charge on any atom is -0.497 e. The summed E-state index contributed by atoms with van der Waals surface area (Å²) in [4.78, 5) is 28.6. The van der Waals surface area contributed by atoms with Crippen LogP contribution in [0.2, 0.25) is 0 Å². The Hall–Kier alpha value is -2.24. The van der Waals surface area contributed by atoms with Crippen LogP contribution in [0.3, 0.4) is 0 Å². The lowest BCUT2D eigenvalue weighted by atomic mass is 9.96. The minimum absolute atomic E-state index is 0.102. The predicted molar refractivity (Wildman–Crippen MR) is 94.2 cm³/mol. The maximum absolute atomic E-state index is 12.5. The van der Waals surface area contributed by atoms with E-state index < -0.39 is 0 Å². The number of nitrogens with one attached hydrogen (secondary N) is 1. The Morgan fingerprint density at radius 2 is 2.08 bits per heavy atom. The third-order valence-corrected chi connectivity index (χ3v) is 4.45. The molecule has 3 amide bonds. The van der Waals surface area contributed by atoms with Crippen molar-refractivity contribution in [3.63, 3.8) is 0 Å². The van der Waals surface area contributed by atoms with Crippen molar-refractivity contribution in [2.24, 2.45) is 5.92 Å². The number of methoxy groups -OCH3 is 1. The molecule has 2 rings (SSSR count). The van der Waals surface area contributed by atoms with Gasteiger partial charge in [0, 0.05) is 37.9 Å². The third-order valence-electron chi connectivity index (χ3n) is 4.45. The SMILES string of the molecule is CCN(CC)C(=O)C1CCCN(C(=O)Nc2cccc(OC)c2)C1. The average molecular weight is 333 g/mol. The summed E-state index contributed by atoms with van der Waals surface area (Å²) in [7, 11) is 1.59. The first-order valence-corrected chi connectivity index (χ1v) is 8.57. The summed E-state index contributed by atoms with van der Waals surface area (Å²) in [5.74, 6) is 0.745. The number of urea groups is 1. The number of rotatable bonds is 5. The van der Waals surface area contributed by atoms with Crippen LogP contribution >= 0.6 is 0 Å². The molecule has 0 bridgehead atoms. The van der Waals surface area contributed by atoms with Crippen molar-refractivity contribution >= 4 is 17.6 Å². The molecule has 1 atom stereocenters. The van der Waals surface area contributed by atoms with E-state index in [-0.39, 0.29) is 17.9 Å². The normalized spacial score (nSPS) is 17.3. The molecule has 0 aromatic heterocycles. The van der Waals surface area contributed by atoms with Crippen LogP contribution < -0.4 is 10.1 Å². The second-order valence-corrected chi connectivity index (χ2v) is 5.96. The molecule has 1 aliphatic heterocycles. The molecule has 6 heteroatoms. The Balaban J connectivity index is 1.98. The first-order chi connectivity index (χ1) is 11.6. The van der Waals surface area contributed by atoms with Gasteiger partial charge in [0.2, 0.25) is 5.91 Å². The van der Waals surface area contributed by atoms with Gasteiger partial charge in [0.15, 0.2) is 0 Å².